The topological polar surface area (TPSA) is 194 Å². The van der Waals surface area contributed by atoms with Crippen molar-refractivity contribution in [2.75, 3.05) is 13.7 Å². The van der Waals surface area contributed by atoms with E-state index in [2.05, 4.69) is 10.0 Å². The number of allylic oxidation sites excluding steroid dienone is 1. The molecule has 4 amide bonds. The van der Waals surface area contributed by atoms with Gasteiger partial charge < -0.3 is 29.5 Å². The number of alkyl halides is 3. The fourth-order valence-electron chi connectivity index (χ4n) is 9.32. The molecule has 1 saturated heterocycles. The number of pyridine rings is 1. The molecule has 2 aliphatic carbocycles. The molecule has 2 aromatic carbocycles. The maximum Gasteiger partial charge on any atom is 0.411 e. The van der Waals surface area contributed by atoms with Gasteiger partial charge in [0.15, 0.2) is 11.6 Å². The van der Waals surface area contributed by atoms with E-state index in [4.69, 9.17) is 19.2 Å². The van der Waals surface area contributed by atoms with Crippen molar-refractivity contribution in [3.8, 4) is 28.5 Å². The lowest BCUT2D eigenvalue weighted by molar-refractivity contribution is -0.222. The number of sulfonamides is 1. The number of methoxy groups -OCH3 is 1. The highest BCUT2D eigenvalue weighted by Gasteiger charge is 2.64. The summed E-state index contributed by atoms with van der Waals surface area (Å²) in [6.45, 7) is 9.27. The van der Waals surface area contributed by atoms with Gasteiger partial charge in [-0.2, -0.15) is 13.2 Å². The zero-order valence-corrected chi connectivity index (χ0v) is 40.1. The fraction of sp³-hybridized carbons (Fsp3) is 0.562. The van der Waals surface area contributed by atoms with Gasteiger partial charge >= 0.3 is 12.3 Å². The summed E-state index contributed by atoms with van der Waals surface area (Å²) in [5.41, 5.74) is -3.92. The average Bonchev–Trinajstić information content (AvgIpc) is 4.13. The number of amides is 4. The third-order valence-corrected chi connectivity index (χ3v) is 16.0. The van der Waals surface area contributed by atoms with Gasteiger partial charge in [0, 0.05) is 35.4 Å². The van der Waals surface area contributed by atoms with Crippen LogP contribution in [0.1, 0.15) is 93.4 Å². The molecule has 3 fully saturated rings. The van der Waals surface area contributed by atoms with Crippen LogP contribution in [-0.4, -0.2) is 112 Å². The number of carboxylic acid groups (broad SMARTS) is 1. The normalized spacial score (nSPS) is 26.5. The molecule has 7 atom stereocenters. The molecule has 68 heavy (non-hydrogen) atoms. The van der Waals surface area contributed by atoms with E-state index in [1.54, 1.807) is 50.3 Å². The molecular weight excluding hydrogens is 915 g/mol. The Balaban J connectivity index is 1.32. The largest absolute Gasteiger partial charge is 0.497 e. The monoisotopic (exact) mass is 973 g/mol. The number of aromatic nitrogens is 1. The molecule has 0 spiro atoms. The van der Waals surface area contributed by atoms with Crippen molar-refractivity contribution in [1.82, 2.24) is 24.8 Å². The molecule has 370 valence electrons. The summed E-state index contributed by atoms with van der Waals surface area (Å²) in [6, 6.07) is 7.26. The zero-order valence-electron chi connectivity index (χ0n) is 39.3. The summed E-state index contributed by atoms with van der Waals surface area (Å²) >= 11 is 0. The van der Waals surface area contributed by atoms with E-state index in [1.165, 1.54) is 39.2 Å². The van der Waals surface area contributed by atoms with Gasteiger partial charge in [0.1, 0.15) is 40.8 Å². The van der Waals surface area contributed by atoms with Gasteiger partial charge in [-0.3, -0.25) is 24.0 Å². The Bertz CT molecular complexity index is 2620. The minimum atomic E-state index is -5.14. The van der Waals surface area contributed by atoms with Gasteiger partial charge in [-0.25, -0.2) is 22.6 Å². The summed E-state index contributed by atoms with van der Waals surface area (Å²) in [5.74, 6) is -4.93. The maximum absolute atomic E-state index is 15.4. The van der Waals surface area contributed by atoms with Crippen LogP contribution in [0.3, 0.4) is 0 Å². The molecule has 0 radical (unpaired) electrons. The number of nitrogens with zero attached hydrogens (tertiary/aromatic N) is 3. The van der Waals surface area contributed by atoms with Crippen molar-refractivity contribution in [2.24, 2.45) is 17.8 Å². The molecule has 2 saturated carbocycles. The SMILES string of the molecule is COc1ccc2c(O[C@@H]3C[C@H]4C(=O)N[C@]5(C(=O)NS(=O)(=O)C6(C)CC6)C[C@H]5C=CCC[C@@H](C)C[C@@H](C)[C@H](N(C(=O)O)C(C)(C)C(F)(F)F)C(=O)N4C3)cc(-c3ccc(OC(C)C)c(F)c3)nc2c1. The minimum absolute atomic E-state index is 0.0100. The second kappa shape index (κ2) is 18.3. The Labute approximate surface area is 393 Å². The van der Waals surface area contributed by atoms with Gasteiger partial charge in [0.25, 0.3) is 5.91 Å². The van der Waals surface area contributed by atoms with Crippen LogP contribution in [0, 0.1) is 23.6 Å². The highest BCUT2D eigenvalue weighted by molar-refractivity contribution is 7.91. The summed E-state index contributed by atoms with van der Waals surface area (Å²) in [4.78, 5) is 63.2. The number of ether oxygens (including phenoxy) is 3. The number of rotatable bonds is 11. The van der Waals surface area contributed by atoms with Crippen molar-refractivity contribution in [3.63, 3.8) is 0 Å². The molecule has 4 aliphatic rings. The van der Waals surface area contributed by atoms with Gasteiger partial charge in [-0.15, -0.1) is 0 Å². The Morgan fingerprint density at radius 2 is 1.75 bits per heavy atom. The molecule has 15 nitrogen and oxygen atoms in total. The van der Waals surface area contributed by atoms with Gasteiger partial charge in [0.05, 0.1) is 35.7 Å². The van der Waals surface area contributed by atoms with Crippen LogP contribution in [-0.2, 0) is 24.4 Å². The van der Waals surface area contributed by atoms with Crippen LogP contribution in [0.15, 0.2) is 54.6 Å². The first kappa shape index (κ1) is 50.2. The van der Waals surface area contributed by atoms with Crippen LogP contribution in [0.4, 0.5) is 22.4 Å². The van der Waals surface area contributed by atoms with Gasteiger partial charge in [-0.05, 0) is 115 Å². The molecular formula is C48H59F4N5O10S. The second-order valence-electron chi connectivity index (χ2n) is 19.8. The van der Waals surface area contributed by atoms with Crippen molar-refractivity contribution in [3.05, 3.63) is 60.4 Å². The number of nitrogens with one attached hydrogen (secondary N) is 2. The lowest BCUT2D eigenvalue weighted by Gasteiger charge is -2.45. The lowest BCUT2D eigenvalue weighted by atomic mass is 9.85. The zero-order chi connectivity index (χ0) is 49.9. The summed E-state index contributed by atoms with van der Waals surface area (Å²) in [6.07, 6.45) is -3.64. The van der Waals surface area contributed by atoms with E-state index < -0.39 is 98.2 Å². The van der Waals surface area contributed by atoms with E-state index in [1.807, 2.05) is 6.92 Å². The Morgan fingerprint density at radius 3 is 2.37 bits per heavy atom. The van der Waals surface area contributed by atoms with E-state index in [9.17, 15) is 41.1 Å². The average molecular weight is 974 g/mol. The highest BCUT2D eigenvalue weighted by Crippen LogP contribution is 2.48. The van der Waals surface area contributed by atoms with Crippen LogP contribution in [0.5, 0.6) is 17.2 Å². The Kier molecular flexibility index (Phi) is 13.5. The maximum atomic E-state index is 15.4. The number of benzene rings is 2. The van der Waals surface area contributed by atoms with Crippen LogP contribution in [0.25, 0.3) is 22.2 Å². The third kappa shape index (κ3) is 9.79. The van der Waals surface area contributed by atoms with Gasteiger partial charge in [0.2, 0.25) is 21.8 Å². The molecule has 20 heteroatoms. The first-order valence-electron chi connectivity index (χ1n) is 22.8. The predicted molar refractivity (Wildman–Crippen MR) is 243 cm³/mol. The number of carbonyl (C=O) groups is 4. The number of hydrogen-bond acceptors (Lipinski definition) is 10. The van der Waals surface area contributed by atoms with E-state index in [0.29, 0.717) is 61.7 Å². The molecule has 7 rings (SSSR count). The van der Waals surface area contributed by atoms with Crippen molar-refractivity contribution in [2.45, 2.75) is 140 Å². The molecule has 3 heterocycles. The molecule has 0 bridgehead atoms. The summed E-state index contributed by atoms with van der Waals surface area (Å²) in [7, 11) is -2.71. The minimum Gasteiger partial charge on any atom is -0.497 e. The number of hydrogen-bond donors (Lipinski definition) is 3. The first-order valence-corrected chi connectivity index (χ1v) is 24.3. The number of halogens is 4. The van der Waals surface area contributed by atoms with E-state index in [-0.39, 0.29) is 53.4 Å². The molecule has 3 N–H and O–H groups in total. The van der Waals surface area contributed by atoms with Crippen molar-refractivity contribution in [1.29, 1.82) is 0 Å². The van der Waals surface area contributed by atoms with E-state index in [0.717, 1.165) is 4.90 Å². The van der Waals surface area contributed by atoms with Crippen LogP contribution in [0.2, 0.25) is 0 Å². The smallest absolute Gasteiger partial charge is 0.411 e. The molecule has 3 aromatic rings. The summed E-state index contributed by atoms with van der Waals surface area (Å²) < 4.78 is 105. The third-order valence-electron chi connectivity index (χ3n) is 13.8. The predicted octanol–water partition coefficient (Wildman–Crippen LogP) is 7.76. The van der Waals surface area contributed by atoms with Crippen molar-refractivity contribution < 1.29 is 64.5 Å². The first-order chi connectivity index (χ1) is 31.7. The second-order valence-corrected chi connectivity index (χ2v) is 22.0. The Hall–Kier alpha value is -5.66. The molecule has 1 aromatic heterocycles. The Morgan fingerprint density at radius 1 is 1.04 bits per heavy atom. The van der Waals surface area contributed by atoms with Gasteiger partial charge in [-0.1, -0.05) is 26.0 Å². The van der Waals surface area contributed by atoms with E-state index >= 15 is 9.18 Å². The van der Waals surface area contributed by atoms with Crippen molar-refractivity contribution >= 4 is 44.7 Å². The number of fused-ring (bicyclic) bond motifs is 3. The summed E-state index contributed by atoms with van der Waals surface area (Å²) in [5, 5.41) is 13.8. The van der Waals surface area contributed by atoms with Crippen LogP contribution < -0.4 is 24.2 Å². The highest BCUT2D eigenvalue weighted by atomic mass is 32.2. The van der Waals surface area contributed by atoms with Crippen LogP contribution >= 0.6 is 0 Å². The quantitative estimate of drug-likeness (QED) is 0.126. The fourth-order valence-corrected chi connectivity index (χ4v) is 10.6. The molecule has 2 aliphatic heterocycles. The lowest BCUT2D eigenvalue weighted by Crippen LogP contribution is -2.66. The number of carbonyl (C=O) groups excluding carboxylic acids is 3. The molecule has 0 unspecified atom stereocenters. The standard InChI is InChI=1S/C48H59F4N5O10S/c1-26(2)66-38-16-13-29(20-34(38)49)35-23-39(33-15-14-31(65-8)21-36(33)53-35)67-32-22-37-41(58)54-47(43(60)55-68(63,64)46(7)17-18-46)24-30(47)12-10-9-11-27(3)19-28(4)40(42(59)56(37)25-32)57(44(61)62)45(5,6)48(50,51)52/h10,12-16,20-21,23,26-28,30,32,37,40H,9,11,17-19,22,24-25H2,1-8H3,(H,54,58)(H,55,60)(H,61,62)/t27-,28-,30-,32-,37+,40+,47-/m1/s1.